The molecule has 0 saturated heterocycles. The van der Waals surface area contributed by atoms with E-state index in [-0.39, 0.29) is 16.6 Å². The van der Waals surface area contributed by atoms with Gasteiger partial charge in [0.15, 0.2) is 5.78 Å². The molecule has 1 unspecified atom stereocenters. The number of aliphatic hydroxyl groups is 1. The number of nitrogens with zero attached hydrogens (tertiary/aromatic N) is 1. The van der Waals surface area contributed by atoms with E-state index in [0.717, 1.165) is 44.1 Å². The second-order valence-corrected chi connectivity index (χ2v) is 10.5. The molecule has 0 spiro atoms. The van der Waals surface area contributed by atoms with Crippen molar-refractivity contribution in [2.24, 2.45) is 28.6 Å². The van der Waals surface area contributed by atoms with Crippen molar-refractivity contribution in [3.63, 3.8) is 0 Å². The van der Waals surface area contributed by atoms with Crippen LogP contribution in [0, 0.1) is 28.6 Å². The maximum absolute atomic E-state index is 12.0. The fourth-order valence-corrected chi connectivity index (χ4v) is 7.68. The molecule has 2 fully saturated rings. The number of pyridine rings is 1. The molecule has 3 nitrogen and oxygen atoms in total. The second kappa shape index (κ2) is 6.38. The first-order chi connectivity index (χ1) is 13.8. The van der Waals surface area contributed by atoms with Gasteiger partial charge in [-0.3, -0.25) is 9.78 Å². The van der Waals surface area contributed by atoms with Crippen LogP contribution in [-0.4, -0.2) is 21.5 Å². The maximum Gasteiger partial charge on any atom is 0.155 e. The number of allylic oxidation sites excluding steroid dienone is 3. The summed E-state index contributed by atoms with van der Waals surface area (Å²) in [5.41, 5.74) is 2.88. The standard InChI is InChI=1S/C26H33NO2/c1-17(28)18-8-12-25(3)23-10-11-24(2)21(19-5-4-14-27-16-19)6-7-22(24)20(23)9-13-26(25,29)15-18/h4-6,14-16,20,22-23,29H,7-13H2,1-3H3/t20-,22-,23-,24+,25+,26?/m0/s1. The molecule has 1 aromatic heterocycles. The minimum atomic E-state index is -0.820. The van der Waals surface area contributed by atoms with Crippen LogP contribution >= 0.6 is 0 Å². The van der Waals surface area contributed by atoms with Gasteiger partial charge in [0, 0.05) is 17.8 Å². The number of hydrogen-bond donors (Lipinski definition) is 1. The molecule has 6 atom stereocenters. The average Bonchev–Trinajstić information content (AvgIpc) is 3.06. The van der Waals surface area contributed by atoms with Crippen LogP contribution in [0.15, 0.2) is 42.3 Å². The topological polar surface area (TPSA) is 50.2 Å². The Morgan fingerprint density at radius 2 is 2.00 bits per heavy atom. The predicted molar refractivity (Wildman–Crippen MR) is 115 cm³/mol. The van der Waals surface area contributed by atoms with Crippen molar-refractivity contribution in [1.82, 2.24) is 4.98 Å². The maximum atomic E-state index is 12.0. The summed E-state index contributed by atoms with van der Waals surface area (Å²) < 4.78 is 0. The third-order valence-corrected chi connectivity index (χ3v) is 9.44. The molecule has 0 radical (unpaired) electrons. The van der Waals surface area contributed by atoms with Gasteiger partial charge < -0.3 is 5.11 Å². The van der Waals surface area contributed by atoms with E-state index in [9.17, 15) is 9.90 Å². The number of carbonyl (C=O) groups is 1. The zero-order chi connectivity index (χ0) is 20.4. The first-order valence-electron chi connectivity index (χ1n) is 11.3. The number of ketones is 1. The lowest BCUT2D eigenvalue weighted by Gasteiger charge is -2.62. The van der Waals surface area contributed by atoms with E-state index >= 15 is 0 Å². The van der Waals surface area contributed by atoms with Crippen molar-refractivity contribution >= 4 is 11.4 Å². The molecule has 29 heavy (non-hydrogen) atoms. The Balaban J connectivity index is 1.47. The zero-order valence-electron chi connectivity index (χ0n) is 17.9. The van der Waals surface area contributed by atoms with Crippen LogP contribution in [0.2, 0.25) is 0 Å². The van der Waals surface area contributed by atoms with E-state index < -0.39 is 5.60 Å². The lowest BCUT2D eigenvalue weighted by atomic mass is 9.44. The van der Waals surface area contributed by atoms with Gasteiger partial charge in [-0.2, -0.15) is 0 Å². The molecular weight excluding hydrogens is 358 g/mol. The molecule has 4 aliphatic carbocycles. The van der Waals surface area contributed by atoms with Crippen molar-refractivity contribution in [3.8, 4) is 0 Å². The molecule has 0 aliphatic heterocycles. The Hall–Kier alpha value is -1.74. The highest BCUT2D eigenvalue weighted by Gasteiger charge is 2.62. The molecule has 5 rings (SSSR count). The van der Waals surface area contributed by atoms with E-state index in [2.05, 4.69) is 31.0 Å². The predicted octanol–water partition coefficient (Wildman–Crippen LogP) is 5.36. The van der Waals surface area contributed by atoms with Crippen LogP contribution in [0.1, 0.15) is 71.3 Å². The molecule has 4 aliphatic rings. The Bertz CT molecular complexity index is 903. The summed E-state index contributed by atoms with van der Waals surface area (Å²) in [4.78, 5) is 16.3. The van der Waals surface area contributed by atoms with Gasteiger partial charge in [0.05, 0.1) is 5.60 Å². The van der Waals surface area contributed by atoms with Crippen molar-refractivity contribution in [2.75, 3.05) is 0 Å². The number of Topliss-reactive ketones (excluding diaryl/α,β-unsaturated/α-hetero) is 1. The number of fused-ring (bicyclic) bond motifs is 5. The molecule has 1 N–H and O–H groups in total. The molecule has 154 valence electrons. The Morgan fingerprint density at radius 1 is 1.17 bits per heavy atom. The molecule has 1 aromatic rings. The molecule has 2 saturated carbocycles. The third kappa shape index (κ3) is 2.59. The quantitative estimate of drug-likeness (QED) is 0.738. The van der Waals surface area contributed by atoms with Crippen LogP contribution in [0.4, 0.5) is 0 Å². The molecule has 0 bridgehead atoms. The van der Waals surface area contributed by atoms with Gasteiger partial charge in [0.1, 0.15) is 0 Å². The van der Waals surface area contributed by atoms with Crippen LogP contribution in [-0.2, 0) is 4.79 Å². The van der Waals surface area contributed by atoms with E-state index in [1.807, 2.05) is 24.5 Å². The summed E-state index contributed by atoms with van der Waals surface area (Å²) in [7, 11) is 0. The van der Waals surface area contributed by atoms with Crippen LogP contribution < -0.4 is 0 Å². The lowest BCUT2D eigenvalue weighted by Crippen LogP contribution is -2.60. The lowest BCUT2D eigenvalue weighted by molar-refractivity contribution is -0.164. The van der Waals surface area contributed by atoms with Crippen LogP contribution in [0.3, 0.4) is 0 Å². The normalized spacial score (nSPS) is 43.5. The molecule has 3 heteroatoms. The highest BCUT2D eigenvalue weighted by atomic mass is 16.3. The number of hydrogen-bond acceptors (Lipinski definition) is 3. The average molecular weight is 392 g/mol. The monoisotopic (exact) mass is 391 g/mol. The van der Waals surface area contributed by atoms with Gasteiger partial charge in [-0.15, -0.1) is 0 Å². The Labute approximate surface area is 174 Å². The fourth-order valence-electron chi connectivity index (χ4n) is 7.68. The molecule has 1 heterocycles. The number of rotatable bonds is 2. The summed E-state index contributed by atoms with van der Waals surface area (Å²) in [6.45, 7) is 6.42. The first kappa shape index (κ1) is 19.2. The zero-order valence-corrected chi connectivity index (χ0v) is 17.9. The van der Waals surface area contributed by atoms with Gasteiger partial charge in [-0.1, -0.05) is 26.0 Å². The van der Waals surface area contributed by atoms with E-state index in [4.69, 9.17) is 0 Å². The van der Waals surface area contributed by atoms with Crippen LogP contribution in [0.5, 0.6) is 0 Å². The summed E-state index contributed by atoms with van der Waals surface area (Å²) in [6.07, 6.45) is 15.4. The molecular formula is C26H33NO2. The van der Waals surface area contributed by atoms with E-state index in [0.29, 0.717) is 17.8 Å². The largest absolute Gasteiger partial charge is 0.385 e. The molecule has 0 amide bonds. The summed E-state index contributed by atoms with van der Waals surface area (Å²) in [5, 5.41) is 11.7. The minimum Gasteiger partial charge on any atom is -0.385 e. The Morgan fingerprint density at radius 3 is 2.72 bits per heavy atom. The van der Waals surface area contributed by atoms with Gasteiger partial charge >= 0.3 is 0 Å². The minimum absolute atomic E-state index is 0.118. The van der Waals surface area contributed by atoms with Gasteiger partial charge in [0.25, 0.3) is 0 Å². The van der Waals surface area contributed by atoms with Gasteiger partial charge in [-0.25, -0.2) is 0 Å². The van der Waals surface area contributed by atoms with Crippen molar-refractivity contribution < 1.29 is 9.90 Å². The van der Waals surface area contributed by atoms with Gasteiger partial charge in [-0.05, 0) is 104 Å². The highest BCUT2D eigenvalue weighted by Crippen LogP contribution is 2.68. The van der Waals surface area contributed by atoms with Crippen LogP contribution in [0.25, 0.3) is 5.57 Å². The Kier molecular flexibility index (Phi) is 4.23. The summed E-state index contributed by atoms with van der Waals surface area (Å²) in [5.74, 6) is 1.96. The van der Waals surface area contributed by atoms with Crippen molar-refractivity contribution in [1.29, 1.82) is 0 Å². The second-order valence-electron chi connectivity index (χ2n) is 10.5. The molecule has 0 aromatic carbocycles. The smallest absolute Gasteiger partial charge is 0.155 e. The van der Waals surface area contributed by atoms with Crippen molar-refractivity contribution in [3.05, 3.63) is 47.8 Å². The summed E-state index contributed by atoms with van der Waals surface area (Å²) >= 11 is 0. The highest BCUT2D eigenvalue weighted by molar-refractivity contribution is 5.93. The van der Waals surface area contributed by atoms with Crippen molar-refractivity contribution in [2.45, 2.75) is 71.3 Å². The number of aromatic nitrogens is 1. The SMILES string of the molecule is CC(=O)C1=CC2(O)CC[C@H]3[C@@H]4CC=C(c5cccnc5)[C@@]4(C)CC[C@@H]3[C@@]2(C)CC1. The third-order valence-electron chi connectivity index (χ3n) is 9.44. The first-order valence-corrected chi connectivity index (χ1v) is 11.3. The van der Waals surface area contributed by atoms with E-state index in [1.165, 1.54) is 17.6 Å². The van der Waals surface area contributed by atoms with Gasteiger partial charge in [0.2, 0.25) is 0 Å². The fraction of sp³-hybridized carbons (Fsp3) is 0.615. The van der Waals surface area contributed by atoms with E-state index in [1.54, 1.807) is 6.92 Å². The number of carbonyl (C=O) groups excluding carboxylic acids is 1. The summed E-state index contributed by atoms with van der Waals surface area (Å²) in [6, 6.07) is 4.25.